The van der Waals surface area contributed by atoms with Gasteiger partial charge < -0.3 is 14.8 Å². The van der Waals surface area contributed by atoms with Gasteiger partial charge in [-0.05, 0) is 80.2 Å². The SMILES string of the molecule is CC12CCC(N3C=CNC3)CC1=CCC1C2CCC2(C)C(n3cnc4ccccc43)=CCC12. The van der Waals surface area contributed by atoms with E-state index >= 15 is 0 Å². The minimum absolute atomic E-state index is 0.259. The first-order chi connectivity index (χ1) is 16.1. The Labute approximate surface area is 197 Å². The smallest absolute Gasteiger partial charge is 0.100 e. The summed E-state index contributed by atoms with van der Waals surface area (Å²) in [5, 5.41) is 3.37. The Morgan fingerprint density at radius 3 is 2.76 bits per heavy atom. The number of imidazole rings is 1. The van der Waals surface area contributed by atoms with Crippen molar-refractivity contribution in [3.63, 3.8) is 0 Å². The maximum absolute atomic E-state index is 4.72. The number of hydrogen-bond acceptors (Lipinski definition) is 3. The predicted molar refractivity (Wildman–Crippen MR) is 134 cm³/mol. The summed E-state index contributed by atoms with van der Waals surface area (Å²) in [6.45, 7) is 6.17. The summed E-state index contributed by atoms with van der Waals surface area (Å²) in [5.74, 6) is 2.41. The van der Waals surface area contributed by atoms with Gasteiger partial charge in [-0.3, -0.25) is 0 Å². The van der Waals surface area contributed by atoms with Gasteiger partial charge >= 0.3 is 0 Å². The van der Waals surface area contributed by atoms with Crippen LogP contribution in [0.3, 0.4) is 0 Å². The molecule has 1 aromatic heterocycles. The van der Waals surface area contributed by atoms with Gasteiger partial charge in [-0.15, -0.1) is 0 Å². The molecule has 6 unspecified atom stereocenters. The molecule has 1 N–H and O–H groups in total. The highest BCUT2D eigenvalue weighted by molar-refractivity contribution is 5.80. The molecule has 4 heteroatoms. The summed E-state index contributed by atoms with van der Waals surface area (Å²) in [5.41, 5.74) is 6.32. The van der Waals surface area contributed by atoms with Gasteiger partial charge in [-0.25, -0.2) is 4.98 Å². The summed E-state index contributed by atoms with van der Waals surface area (Å²) in [7, 11) is 0. The van der Waals surface area contributed by atoms with Crippen molar-refractivity contribution < 1.29 is 0 Å². The molecule has 33 heavy (non-hydrogen) atoms. The lowest BCUT2D eigenvalue weighted by atomic mass is 9.47. The molecule has 1 aliphatic heterocycles. The molecule has 4 aliphatic carbocycles. The van der Waals surface area contributed by atoms with Crippen LogP contribution in [0.2, 0.25) is 0 Å². The molecule has 6 atom stereocenters. The number of allylic oxidation sites excluding steroid dienone is 3. The minimum Gasteiger partial charge on any atom is -0.373 e. The first-order valence-electron chi connectivity index (χ1n) is 13.1. The van der Waals surface area contributed by atoms with E-state index in [9.17, 15) is 0 Å². The Morgan fingerprint density at radius 1 is 1.00 bits per heavy atom. The number of nitrogens with zero attached hydrogens (tertiary/aromatic N) is 3. The molecule has 2 aromatic rings. The van der Waals surface area contributed by atoms with Crippen molar-refractivity contribution in [3.05, 3.63) is 60.7 Å². The molecule has 0 bridgehead atoms. The lowest BCUT2D eigenvalue weighted by Crippen LogP contribution is -2.51. The molecule has 5 aliphatic rings. The summed E-state index contributed by atoms with van der Waals surface area (Å²) >= 11 is 0. The molecule has 0 saturated heterocycles. The summed E-state index contributed by atoms with van der Waals surface area (Å²) < 4.78 is 2.41. The predicted octanol–water partition coefficient (Wildman–Crippen LogP) is 6.15. The van der Waals surface area contributed by atoms with Gasteiger partial charge in [0.2, 0.25) is 0 Å². The summed E-state index contributed by atoms with van der Waals surface area (Å²) in [6.07, 6.45) is 20.8. The minimum atomic E-state index is 0.259. The topological polar surface area (TPSA) is 33.1 Å². The van der Waals surface area contributed by atoms with E-state index in [1.807, 2.05) is 0 Å². The maximum atomic E-state index is 4.72. The molecule has 1 aromatic carbocycles. The van der Waals surface area contributed by atoms with Crippen molar-refractivity contribution in [1.82, 2.24) is 19.8 Å². The Morgan fingerprint density at radius 2 is 1.88 bits per heavy atom. The zero-order valence-electron chi connectivity index (χ0n) is 20.0. The van der Waals surface area contributed by atoms with E-state index in [-0.39, 0.29) is 5.41 Å². The highest BCUT2D eigenvalue weighted by atomic mass is 15.3. The van der Waals surface area contributed by atoms with Crippen LogP contribution in [-0.4, -0.2) is 27.2 Å². The van der Waals surface area contributed by atoms with Crippen molar-refractivity contribution >= 4 is 16.7 Å². The fraction of sp³-hybridized carbons (Fsp3) is 0.552. The summed E-state index contributed by atoms with van der Waals surface area (Å²) in [6, 6.07) is 9.28. The fourth-order valence-electron chi connectivity index (χ4n) is 8.60. The van der Waals surface area contributed by atoms with Crippen LogP contribution in [0.4, 0.5) is 0 Å². The second kappa shape index (κ2) is 7.01. The van der Waals surface area contributed by atoms with Crippen LogP contribution in [0.1, 0.15) is 58.8 Å². The quantitative estimate of drug-likeness (QED) is 0.568. The number of benzene rings is 1. The lowest BCUT2D eigenvalue weighted by Gasteiger charge is -2.58. The van der Waals surface area contributed by atoms with Gasteiger partial charge in [-0.1, -0.05) is 43.7 Å². The number of para-hydroxylation sites is 2. The average molecular weight is 441 g/mol. The van der Waals surface area contributed by atoms with Gasteiger partial charge in [0.25, 0.3) is 0 Å². The van der Waals surface area contributed by atoms with Crippen molar-refractivity contribution in [1.29, 1.82) is 0 Å². The molecule has 0 spiro atoms. The highest BCUT2D eigenvalue weighted by Crippen LogP contribution is 2.65. The normalized spacial score (nSPS) is 39.5. The van der Waals surface area contributed by atoms with E-state index in [0.29, 0.717) is 11.5 Å². The van der Waals surface area contributed by atoms with E-state index < -0.39 is 0 Å². The molecule has 0 amide bonds. The number of aromatic nitrogens is 2. The molecule has 2 fully saturated rings. The zero-order valence-corrected chi connectivity index (χ0v) is 20.0. The first kappa shape index (κ1) is 19.9. The molecule has 4 nitrogen and oxygen atoms in total. The van der Waals surface area contributed by atoms with E-state index in [2.05, 4.69) is 83.8 Å². The van der Waals surface area contributed by atoms with E-state index in [1.165, 1.54) is 56.2 Å². The van der Waals surface area contributed by atoms with Crippen molar-refractivity contribution in [2.75, 3.05) is 6.67 Å². The molecule has 2 heterocycles. The number of rotatable bonds is 2. The first-order valence-corrected chi connectivity index (χ1v) is 13.1. The highest BCUT2D eigenvalue weighted by Gasteiger charge is 2.57. The maximum Gasteiger partial charge on any atom is 0.100 e. The van der Waals surface area contributed by atoms with Gasteiger partial charge in [0.05, 0.1) is 17.7 Å². The van der Waals surface area contributed by atoms with Gasteiger partial charge in [-0.2, -0.15) is 0 Å². The monoisotopic (exact) mass is 440 g/mol. The molecular weight excluding hydrogens is 404 g/mol. The number of fused-ring (bicyclic) bond motifs is 6. The van der Waals surface area contributed by atoms with Crippen LogP contribution < -0.4 is 5.32 Å². The molecule has 2 saturated carbocycles. The van der Waals surface area contributed by atoms with Crippen LogP contribution in [0.15, 0.2) is 60.7 Å². The average Bonchev–Trinajstić information content (AvgIpc) is 3.57. The Bertz CT molecular complexity index is 1190. The summed E-state index contributed by atoms with van der Waals surface area (Å²) in [4.78, 5) is 7.24. The zero-order chi connectivity index (χ0) is 22.2. The van der Waals surface area contributed by atoms with Gasteiger partial charge in [0.15, 0.2) is 0 Å². The van der Waals surface area contributed by atoms with Crippen molar-refractivity contribution in [3.8, 4) is 0 Å². The number of hydrogen-bond donors (Lipinski definition) is 1. The molecule has 7 rings (SSSR count). The third-order valence-corrected chi connectivity index (χ3v) is 10.5. The molecular formula is C29H36N4. The van der Waals surface area contributed by atoms with E-state index in [0.717, 1.165) is 29.9 Å². The number of nitrogens with one attached hydrogen (secondary N) is 1. The van der Waals surface area contributed by atoms with Crippen LogP contribution in [0, 0.1) is 28.6 Å². The lowest BCUT2D eigenvalue weighted by molar-refractivity contribution is -0.0175. The standard InChI is InChI=1S/C29H36N4/c1-28-13-11-21(32-16-15-30-18-32)17-20(28)7-8-22-23-9-10-27(29(23,2)14-12-24(22)28)33-19-31-25-5-3-4-6-26(25)33/h3-7,10,15-16,19,21-24,30H,8-9,11-14,17-18H2,1-2H3. The van der Waals surface area contributed by atoms with E-state index in [1.54, 1.807) is 5.57 Å². The third kappa shape index (κ3) is 2.73. The van der Waals surface area contributed by atoms with Gasteiger partial charge in [0, 0.05) is 29.6 Å². The second-order valence-corrected chi connectivity index (χ2v) is 11.7. The van der Waals surface area contributed by atoms with Crippen LogP contribution in [0.25, 0.3) is 16.7 Å². The fourth-order valence-corrected chi connectivity index (χ4v) is 8.60. The van der Waals surface area contributed by atoms with Crippen LogP contribution in [0.5, 0.6) is 0 Å². The Hall–Kier alpha value is -2.49. The van der Waals surface area contributed by atoms with Crippen molar-refractivity contribution in [2.24, 2.45) is 28.6 Å². The van der Waals surface area contributed by atoms with Gasteiger partial charge in [0.1, 0.15) is 6.33 Å². The van der Waals surface area contributed by atoms with E-state index in [4.69, 9.17) is 4.98 Å². The third-order valence-electron chi connectivity index (χ3n) is 10.5. The van der Waals surface area contributed by atoms with Crippen molar-refractivity contribution in [2.45, 2.75) is 64.8 Å². The molecule has 172 valence electrons. The Balaban J connectivity index is 1.18. The largest absolute Gasteiger partial charge is 0.373 e. The van der Waals surface area contributed by atoms with Crippen LogP contribution >= 0.6 is 0 Å². The van der Waals surface area contributed by atoms with Crippen LogP contribution in [-0.2, 0) is 0 Å². The second-order valence-electron chi connectivity index (χ2n) is 11.7. The Kier molecular flexibility index (Phi) is 4.23. The molecule has 0 radical (unpaired) electrons.